The third kappa shape index (κ3) is 10.9. The van der Waals surface area contributed by atoms with E-state index in [0.717, 1.165) is 11.4 Å². The van der Waals surface area contributed by atoms with Crippen LogP contribution >= 0.6 is 0 Å². The third-order valence-corrected chi connectivity index (χ3v) is 6.27. The number of nitrogens with zero attached hydrogens (tertiary/aromatic N) is 4. The van der Waals surface area contributed by atoms with Crippen LogP contribution in [-0.2, 0) is 35.0 Å². The van der Waals surface area contributed by atoms with Gasteiger partial charge in [0.25, 0.3) is 0 Å². The van der Waals surface area contributed by atoms with Crippen LogP contribution in [0.2, 0.25) is 0 Å². The molecule has 1 saturated heterocycles. The lowest BCUT2D eigenvalue weighted by Crippen LogP contribution is -2.39. The van der Waals surface area contributed by atoms with Gasteiger partial charge in [-0.2, -0.15) is 0 Å². The zero-order chi connectivity index (χ0) is 28.6. The van der Waals surface area contributed by atoms with E-state index in [9.17, 15) is 14.7 Å². The number of aryl methyl sites for hydroxylation is 1. The Morgan fingerprint density at radius 3 is 1.98 bits per heavy atom. The molecule has 0 radical (unpaired) electrons. The number of aliphatic carboxylic acids is 1. The molecule has 1 N–H and O–H groups in total. The fourth-order valence-electron chi connectivity index (χ4n) is 4.24. The minimum Gasteiger partial charge on any atom is -0.480 e. The molecule has 3 rings (SSSR count). The van der Waals surface area contributed by atoms with Crippen LogP contribution in [0, 0.1) is 6.92 Å². The first-order valence-corrected chi connectivity index (χ1v) is 13.5. The van der Waals surface area contributed by atoms with Crippen molar-refractivity contribution in [3.8, 4) is 0 Å². The number of rotatable bonds is 6. The summed E-state index contributed by atoms with van der Waals surface area (Å²) in [5.41, 5.74) is 2.27. The summed E-state index contributed by atoms with van der Waals surface area (Å²) < 4.78 is 27.9. The highest BCUT2D eigenvalue weighted by Crippen LogP contribution is 2.19. The van der Waals surface area contributed by atoms with Crippen molar-refractivity contribution in [2.24, 2.45) is 0 Å². The van der Waals surface area contributed by atoms with E-state index in [0.29, 0.717) is 91.3 Å². The van der Waals surface area contributed by atoms with Gasteiger partial charge < -0.3 is 28.8 Å². The van der Waals surface area contributed by atoms with Crippen molar-refractivity contribution >= 4 is 11.9 Å². The minimum absolute atomic E-state index is 0.270. The molecule has 0 bridgehead atoms. The van der Waals surface area contributed by atoms with Gasteiger partial charge in [0.05, 0.1) is 71.4 Å². The molecular weight excluding hydrogens is 520 g/mol. The average Bonchev–Trinajstić information content (AvgIpc) is 2.94. The zero-order valence-electron chi connectivity index (χ0n) is 23.3. The SMILES string of the molecule is COC(=O)c1cccc(CN2CCOCCOCCN(C(C(=O)O)c3cccc(C)n3)CCOCCOCC2)n1. The molecule has 0 spiro atoms. The number of methoxy groups -OCH3 is 1. The average molecular weight is 561 g/mol. The summed E-state index contributed by atoms with van der Waals surface area (Å²) in [7, 11) is 1.33. The maximum atomic E-state index is 12.2. The molecule has 1 aliphatic rings. The topological polar surface area (TPSA) is 133 Å². The summed E-state index contributed by atoms with van der Waals surface area (Å²) in [6, 6.07) is 9.77. The number of pyridine rings is 2. The predicted molar refractivity (Wildman–Crippen MR) is 145 cm³/mol. The molecule has 1 aliphatic heterocycles. The maximum Gasteiger partial charge on any atom is 0.356 e. The number of carboxylic acids is 1. The Bertz CT molecular complexity index is 1040. The zero-order valence-corrected chi connectivity index (χ0v) is 23.3. The van der Waals surface area contributed by atoms with Crippen LogP contribution in [-0.4, -0.2) is 123 Å². The summed E-state index contributed by atoms with van der Waals surface area (Å²) in [6.45, 7) is 7.69. The molecule has 1 atom stereocenters. The van der Waals surface area contributed by atoms with Crippen molar-refractivity contribution in [3.63, 3.8) is 0 Å². The molecule has 0 aliphatic carbocycles. The largest absolute Gasteiger partial charge is 0.480 e. The highest BCUT2D eigenvalue weighted by Gasteiger charge is 2.28. The fourth-order valence-corrected chi connectivity index (χ4v) is 4.24. The third-order valence-electron chi connectivity index (χ3n) is 6.27. The Morgan fingerprint density at radius 1 is 0.850 bits per heavy atom. The van der Waals surface area contributed by atoms with Crippen molar-refractivity contribution in [3.05, 3.63) is 59.2 Å². The first-order valence-electron chi connectivity index (χ1n) is 13.5. The molecule has 2 aromatic heterocycles. The van der Waals surface area contributed by atoms with Gasteiger partial charge in [0.15, 0.2) is 6.04 Å². The molecule has 0 amide bonds. The van der Waals surface area contributed by atoms with Crippen LogP contribution in [0.5, 0.6) is 0 Å². The van der Waals surface area contributed by atoms with Gasteiger partial charge in [0.2, 0.25) is 0 Å². The van der Waals surface area contributed by atoms with Gasteiger partial charge in [-0.25, -0.2) is 9.78 Å². The maximum absolute atomic E-state index is 12.2. The van der Waals surface area contributed by atoms with Gasteiger partial charge >= 0.3 is 11.9 Å². The fraction of sp³-hybridized carbons (Fsp3) is 0.571. The van der Waals surface area contributed by atoms with Crippen LogP contribution in [0.15, 0.2) is 36.4 Å². The normalized spacial score (nSPS) is 18.8. The van der Waals surface area contributed by atoms with Crippen molar-refractivity contribution in [1.29, 1.82) is 0 Å². The number of carbonyl (C=O) groups excluding carboxylic acids is 1. The first-order chi connectivity index (χ1) is 19.5. The number of carbonyl (C=O) groups is 2. The highest BCUT2D eigenvalue weighted by molar-refractivity contribution is 5.87. The van der Waals surface area contributed by atoms with Crippen molar-refractivity contribution < 1.29 is 38.4 Å². The molecule has 1 fully saturated rings. The van der Waals surface area contributed by atoms with Gasteiger partial charge in [-0.05, 0) is 31.2 Å². The number of hydrogen-bond donors (Lipinski definition) is 1. The quantitative estimate of drug-likeness (QED) is 0.514. The van der Waals surface area contributed by atoms with E-state index in [4.69, 9.17) is 23.7 Å². The van der Waals surface area contributed by atoms with E-state index in [1.807, 2.05) is 30.0 Å². The Labute approximate surface area is 235 Å². The molecule has 0 saturated carbocycles. The van der Waals surface area contributed by atoms with Gasteiger partial charge in [-0.1, -0.05) is 12.1 Å². The standard InChI is InChI=1S/C28H40N4O8/c1-22-5-3-7-24(29-22)26(27(33)34)32-11-15-39-19-17-37-13-9-31(10-14-38-18-20-40-16-12-32)21-23-6-4-8-25(30-23)28(35)36-2/h3-8,26H,9-21H2,1-2H3,(H,33,34). The lowest BCUT2D eigenvalue weighted by atomic mass is 10.1. The number of carboxylic acid groups (broad SMARTS) is 1. The molecule has 40 heavy (non-hydrogen) atoms. The van der Waals surface area contributed by atoms with Crippen LogP contribution in [0.3, 0.4) is 0 Å². The molecule has 0 aromatic carbocycles. The number of aromatic nitrogens is 2. The van der Waals surface area contributed by atoms with E-state index in [1.165, 1.54) is 7.11 Å². The summed E-state index contributed by atoms with van der Waals surface area (Å²) >= 11 is 0. The molecule has 12 nitrogen and oxygen atoms in total. The van der Waals surface area contributed by atoms with Gasteiger partial charge in [-0.15, -0.1) is 0 Å². The van der Waals surface area contributed by atoms with Crippen molar-refractivity contribution in [1.82, 2.24) is 19.8 Å². The monoisotopic (exact) mass is 560 g/mol. The van der Waals surface area contributed by atoms with Gasteiger partial charge in [0, 0.05) is 38.4 Å². The van der Waals surface area contributed by atoms with Crippen LogP contribution in [0.4, 0.5) is 0 Å². The smallest absolute Gasteiger partial charge is 0.356 e. The summed E-state index contributed by atoms with van der Waals surface area (Å²) in [5.74, 6) is -1.44. The van der Waals surface area contributed by atoms with Gasteiger partial charge in [-0.3, -0.25) is 19.6 Å². The Balaban J connectivity index is 1.55. The van der Waals surface area contributed by atoms with Crippen molar-refractivity contribution in [2.45, 2.75) is 19.5 Å². The molecule has 2 aromatic rings. The van der Waals surface area contributed by atoms with E-state index >= 15 is 0 Å². The Morgan fingerprint density at radius 2 is 1.43 bits per heavy atom. The van der Waals surface area contributed by atoms with E-state index < -0.39 is 18.0 Å². The number of hydrogen-bond acceptors (Lipinski definition) is 11. The van der Waals surface area contributed by atoms with E-state index in [2.05, 4.69) is 14.9 Å². The van der Waals surface area contributed by atoms with Crippen LogP contribution < -0.4 is 0 Å². The van der Waals surface area contributed by atoms with E-state index in [-0.39, 0.29) is 5.69 Å². The lowest BCUT2D eigenvalue weighted by Gasteiger charge is -2.28. The predicted octanol–water partition coefficient (Wildman–Crippen LogP) is 1.58. The van der Waals surface area contributed by atoms with Crippen LogP contribution in [0.1, 0.15) is 33.6 Å². The lowest BCUT2D eigenvalue weighted by molar-refractivity contribution is -0.144. The number of ether oxygens (including phenoxy) is 5. The Hall–Kier alpha value is -3.00. The summed E-state index contributed by atoms with van der Waals surface area (Å²) in [5, 5.41) is 10.00. The number of esters is 1. The highest BCUT2D eigenvalue weighted by atomic mass is 16.5. The second-order valence-corrected chi connectivity index (χ2v) is 9.21. The van der Waals surface area contributed by atoms with Crippen molar-refractivity contribution in [2.75, 3.05) is 86.1 Å². The minimum atomic E-state index is -0.969. The second kappa shape index (κ2) is 17.6. The first kappa shape index (κ1) is 31.5. The molecule has 12 heteroatoms. The van der Waals surface area contributed by atoms with Crippen LogP contribution in [0.25, 0.3) is 0 Å². The van der Waals surface area contributed by atoms with Gasteiger partial charge in [0.1, 0.15) is 5.69 Å². The molecular formula is C28H40N4O8. The van der Waals surface area contributed by atoms with E-state index in [1.54, 1.807) is 18.2 Å². The summed E-state index contributed by atoms with van der Waals surface area (Å²) in [6.07, 6.45) is 0. The Kier molecular flexibility index (Phi) is 13.9. The molecule has 220 valence electrons. The second-order valence-electron chi connectivity index (χ2n) is 9.21. The molecule has 3 heterocycles. The molecule has 1 unspecified atom stereocenters. The summed E-state index contributed by atoms with van der Waals surface area (Å²) in [4.78, 5) is 36.9.